The Balaban J connectivity index is 0. The lowest BCUT2D eigenvalue weighted by Gasteiger charge is -1.93. The van der Waals surface area contributed by atoms with Crippen LogP contribution in [0.4, 0.5) is 0 Å². The van der Waals surface area contributed by atoms with Gasteiger partial charge in [-0.2, -0.15) is 0 Å². The maximum absolute atomic E-state index is 9.81. The number of carbonyl (C=O) groups excluding carboxylic acids is 2. The number of halogens is 1. The summed E-state index contributed by atoms with van der Waals surface area (Å²) in [5.41, 5.74) is 0.386. The molecule has 0 saturated heterocycles. The van der Waals surface area contributed by atoms with E-state index in [9.17, 15) is 9.59 Å². The minimum atomic E-state index is -0.463. The number of hydrogen-bond acceptors (Lipinski definition) is 2. The van der Waals surface area contributed by atoms with Crippen LogP contribution in [0.3, 0.4) is 0 Å². The highest BCUT2D eigenvalue weighted by Crippen LogP contribution is 1.91. The van der Waals surface area contributed by atoms with Crippen molar-refractivity contribution < 1.29 is 9.59 Å². The van der Waals surface area contributed by atoms with Crippen LogP contribution < -0.4 is 0 Å². The Kier molecular flexibility index (Phi) is 8.48. The highest BCUT2D eigenvalue weighted by atomic mass is 35.5. The van der Waals surface area contributed by atoms with Gasteiger partial charge in [-0.3, -0.25) is 9.59 Å². The molecule has 3 nitrogen and oxygen atoms in total. The lowest BCUT2D eigenvalue weighted by atomic mass is 10.4. The second-order valence-corrected chi connectivity index (χ2v) is 2.47. The fraction of sp³-hybridized carbons (Fsp3) is 0.429. The molecule has 0 fully saturated rings. The van der Waals surface area contributed by atoms with Crippen LogP contribution >= 0.6 is 11.6 Å². The van der Waals surface area contributed by atoms with Crippen molar-refractivity contribution in [3.05, 3.63) is 12.2 Å². The van der Waals surface area contributed by atoms with Gasteiger partial charge in [-0.25, -0.2) is 0 Å². The van der Waals surface area contributed by atoms with Crippen molar-refractivity contribution in [2.45, 2.75) is 6.92 Å². The van der Waals surface area contributed by atoms with Crippen LogP contribution in [-0.2, 0) is 9.59 Å². The summed E-state index contributed by atoms with van der Waals surface area (Å²) >= 11 is 4.87. The van der Waals surface area contributed by atoms with E-state index in [4.69, 9.17) is 11.6 Å². The molecule has 0 spiro atoms. The fourth-order valence-corrected chi connectivity index (χ4v) is 0. The Hall–Kier alpha value is -0.830. The second kappa shape index (κ2) is 7.28. The molecule has 0 radical (unpaired) electrons. The van der Waals surface area contributed by atoms with E-state index in [0.29, 0.717) is 5.57 Å². The zero-order valence-corrected chi connectivity index (χ0v) is 7.68. The number of carbonyl (C=O) groups is 2. The Morgan fingerprint density at radius 1 is 1.55 bits per heavy atom. The van der Waals surface area contributed by atoms with Crippen molar-refractivity contribution in [1.82, 2.24) is 4.90 Å². The van der Waals surface area contributed by atoms with E-state index in [1.807, 2.05) is 0 Å². The molecule has 0 N–H and O–H groups in total. The van der Waals surface area contributed by atoms with Crippen molar-refractivity contribution in [2.75, 3.05) is 14.1 Å². The van der Waals surface area contributed by atoms with E-state index in [1.54, 1.807) is 21.0 Å². The zero-order valence-electron chi connectivity index (χ0n) is 6.93. The van der Waals surface area contributed by atoms with Gasteiger partial charge in [0.1, 0.15) is 0 Å². The quantitative estimate of drug-likeness (QED) is 0.359. The molecule has 0 saturated carbocycles. The molecule has 0 aliphatic heterocycles. The van der Waals surface area contributed by atoms with Crippen LogP contribution in [0.5, 0.6) is 0 Å². The third-order valence-corrected chi connectivity index (χ3v) is 0.869. The minimum absolute atomic E-state index is 0.386. The molecule has 0 aromatic carbocycles. The molecule has 11 heavy (non-hydrogen) atoms. The zero-order chi connectivity index (χ0) is 9.44. The Morgan fingerprint density at radius 2 is 1.73 bits per heavy atom. The summed E-state index contributed by atoms with van der Waals surface area (Å²) in [7, 11) is 3.38. The monoisotopic (exact) mass is 177 g/mol. The molecule has 0 heterocycles. The summed E-state index contributed by atoms with van der Waals surface area (Å²) < 4.78 is 0. The topological polar surface area (TPSA) is 37.4 Å². The van der Waals surface area contributed by atoms with E-state index in [-0.39, 0.29) is 0 Å². The molecule has 0 aromatic heterocycles. The number of allylic oxidation sites excluding steroid dienone is 1. The predicted molar refractivity (Wildman–Crippen MR) is 45.4 cm³/mol. The highest BCUT2D eigenvalue weighted by molar-refractivity contribution is 6.67. The van der Waals surface area contributed by atoms with Gasteiger partial charge in [-0.1, -0.05) is 6.58 Å². The molecule has 0 aliphatic rings. The smallest absolute Gasteiger partial charge is 0.247 e. The van der Waals surface area contributed by atoms with Gasteiger partial charge in [0, 0.05) is 19.7 Å². The molecular formula is C7H12ClNO2. The minimum Gasteiger partial charge on any atom is -0.351 e. The molecule has 4 heteroatoms. The maximum atomic E-state index is 9.81. The van der Waals surface area contributed by atoms with Gasteiger partial charge >= 0.3 is 0 Å². The lowest BCUT2D eigenvalue weighted by molar-refractivity contribution is -0.116. The Labute approximate surface area is 71.6 Å². The lowest BCUT2D eigenvalue weighted by Crippen LogP contribution is -2.06. The van der Waals surface area contributed by atoms with Crippen molar-refractivity contribution >= 4 is 23.3 Å². The summed E-state index contributed by atoms with van der Waals surface area (Å²) in [5.74, 6) is 0. The van der Waals surface area contributed by atoms with Crippen molar-refractivity contribution in [3.63, 3.8) is 0 Å². The number of hydrogen-bond donors (Lipinski definition) is 0. The van der Waals surface area contributed by atoms with Gasteiger partial charge in [-0.05, 0) is 18.5 Å². The van der Waals surface area contributed by atoms with Crippen molar-refractivity contribution in [2.24, 2.45) is 0 Å². The SMILES string of the molecule is C=C(C)C(=O)Cl.CN(C)C=O. The third kappa shape index (κ3) is 17.6. The van der Waals surface area contributed by atoms with E-state index in [1.165, 1.54) is 4.90 Å². The first kappa shape index (κ1) is 12.8. The fourth-order valence-electron chi connectivity index (χ4n) is 0. The first-order chi connectivity index (χ1) is 4.91. The van der Waals surface area contributed by atoms with Crippen LogP contribution in [0, 0.1) is 0 Å². The maximum Gasteiger partial charge on any atom is 0.247 e. The van der Waals surface area contributed by atoms with Crippen LogP contribution in [0.2, 0.25) is 0 Å². The number of nitrogens with zero attached hydrogens (tertiary/aromatic N) is 1. The molecule has 0 bridgehead atoms. The molecule has 0 rings (SSSR count). The first-order valence-corrected chi connectivity index (χ1v) is 3.26. The van der Waals surface area contributed by atoms with Gasteiger partial charge < -0.3 is 4.90 Å². The average molecular weight is 178 g/mol. The molecular weight excluding hydrogens is 166 g/mol. The third-order valence-electron chi connectivity index (χ3n) is 0.546. The number of amides is 1. The molecule has 0 unspecified atom stereocenters. The van der Waals surface area contributed by atoms with Crippen LogP contribution in [0.25, 0.3) is 0 Å². The average Bonchev–Trinajstić information content (AvgIpc) is 1.89. The van der Waals surface area contributed by atoms with Gasteiger partial charge in [-0.15, -0.1) is 0 Å². The van der Waals surface area contributed by atoms with E-state index >= 15 is 0 Å². The Bertz CT molecular complexity index is 143. The van der Waals surface area contributed by atoms with Crippen molar-refractivity contribution in [3.8, 4) is 0 Å². The normalized spacial score (nSPS) is 7.27. The van der Waals surface area contributed by atoms with Crippen molar-refractivity contribution in [1.29, 1.82) is 0 Å². The number of rotatable bonds is 2. The molecule has 1 amide bonds. The van der Waals surface area contributed by atoms with Crippen LogP contribution in [0.15, 0.2) is 12.2 Å². The largest absolute Gasteiger partial charge is 0.351 e. The van der Waals surface area contributed by atoms with E-state index < -0.39 is 5.24 Å². The van der Waals surface area contributed by atoms with Crippen LogP contribution in [-0.4, -0.2) is 30.6 Å². The van der Waals surface area contributed by atoms with Gasteiger partial charge in [0.25, 0.3) is 0 Å². The summed E-state index contributed by atoms with van der Waals surface area (Å²) in [5, 5.41) is -0.463. The summed E-state index contributed by atoms with van der Waals surface area (Å²) in [4.78, 5) is 20.7. The predicted octanol–water partition coefficient (Wildman–Crippen LogP) is 1.03. The summed E-state index contributed by atoms with van der Waals surface area (Å²) in [6.07, 6.45) is 0.750. The molecule has 0 aliphatic carbocycles. The molecule has 0 aromatic rings. The van der Waals surface area contributed by atoms with E-state index in [2.05, 4.69) is 6.58 Å². The first-order valence-electron chi connectivity index (χ1n) is 2.88. The highest BCUT2D eigenvalue weighted by Gasteiger charge is 1.89. The van der Waals surface area contributed by atoms with Gasteiger partial charge in [0.2, 0.25) is 11.7 Å². The van der Waals surface area contributed by atoms with Gasteiger partial charge in [0.05, 0.1) is 0 Å². The second-order valence-electron chi connectivity index (χ2n) is 2.12. The summed E-state index contributed by atoms with van der Waals surface area (Å²) in [6.45, 7) is 4.84. The Morgan fingerprint density at radius 3 is 1.73 bits per heavy atom. The van der Waals surface area contributed by atoms with E-state index in [0.717, 1.165) is 6.41 Å². The molecule has 0 atom stereocenters. The van der Waals surface area contributed by atoms with Crippen LogP contribution in [0.1, 0.15) is 6.92 Å². The summed E-state index contributed by atoms with van der Waals surface area (Å²) in [6, 6.07) is 0. The molecule has 64 valence electrons. The standard InChI is InChI=1S/C4H5ClO.C3H7NO/c1-3(2)4(5)6;1-4(2)3-5/h1H2,2H3;3H,1-2H3. The van der Waals surface area contributed by atoms with Gasteiger partial charge in [0.15, 0.2) is 0 Å².